The summed E-state index contributed by atoms with van der Waals surface area (Å²) in [6.07, 6.45) is 0. The summed E-state index contributed by atoms with van der Waals surface area (Å²) in [4.78, 5) is 24.2. The van der Waals surface area contributed by atoms with E-state index in [-0.39, 0.29) is 18.0 Å². The first-order valence-corrected chi connectivity index (χ1v) is 8.19. The zero-order valence-electron chi connectivity index (χ0n) is 14.4. The summed E-state index contributed by atoms with van der Waals surface area (Å²) in [5, 5.41) is 7.10. The Hall–Kier alpha value is -3.41. The second-order valence-electron chi connectivity index (χ2n) is 5.68. The molecule has 1 N–H and O–H groups in total. The van der Waals surface area contributed by atoms with Gasteiger partial charge < -0.3 is 10.1 Å². The minimum atomic E-state index is -0.335. The molecule has 1 heterocycles. The summed E-state index contributed by atoms with van der Waals surface area (Å²) in [5.74, 6) is 0.374. The molecule has 0 aliphatic heterocycles. The highest BCUT2D eigenvalue weighted by Gasteiger charge is 2.10. The average Bonchev–Trinajstić information content (AvgIpc) is 2.69. The van der Waals surface area contributed by atoms with Crippen LogP contribution in [0.5, 0.6) is 5.75 Å². The number of ether oxygens (including phenoxy) is 1. The molecular formula is C20H19N3O3. The zero-order chi connectivity index (χ0) is 18.4. The minimum Gasteiger partial charge on any atom is -0.496 e. The predicted octanol–water partition coefficient (Wildman–Crippen LogP) is 2.24. The Balaban J connectivity index is 1.76. The molecule has 6 nitrogen and oxygen atoms in total. The van der Waals surface area contributed by atoms with Gasteiger partial charge >= 0.3 is 0 Å². The number of hydrogen-bond acceptors (Lipinski definition) is 4. The molecule has 0 saturated heterocycles. The highest BCUT2D eigenvalue weighted by Crippen LogP contribution is 2.26. The minimum absolute atomic E-state index is 0.144. The number of carbonyl (C=O) groups excluding carboxylic acids is 1. The molecule has 1 aromatic heterocycles. The fourth-order valence-electron chi connectivity index (χ4n) is 2.55. The van der Waals surface area contributed by atoms with E-state index in [9.17, 15) is 9.59 Å². The monoisotopic (exact) mass is 349 g/mol. The van der Waals surface area contributed by atoms with Crippen molar-refractivity contribution in [3.63, 3.8) is 0 Å². The Morgan fingerprint density at radius 3 is 2.54 bits per heavy atom. The highest BCUT2D eigenvalue weighted by atomic mass is 16.5. The number of hydrogen-bond donors (Lipinski definition) is 1. The van der Waals surface area contributed by atoms with Gasteiger partial charge in [-0.15, -0.1) is 0 Å². The van der Waals surface area contributed by atoms with Crippen LogP contribution >= 0.6 is 0 Å². The van der Waals surface area contributed by atoms with Gasteiger partial charge in [0.25, 0.3) is 5.56 Å². The second-order valence-corrected chi connectivity index (χ2v) is 5.68. The van der Waals surface area contributed by atoms with Gasteiger partial charge in [0.2, 0.25) is 5.91 Å². The quantitative estimate of drug-likeness (QED) is 0.741. The molecule has 0 saturated carbocycles. The molecular weight excluding hydrogens is 330 g/mol. The van der Waals surface area contributed by atoms with Crippen molar-refractivity contribution >= 4 is 5.91 Å². The molecule has 1 amide bonds. The van der Waals surface area contributed by atoms with Crippen LogP contribution in [0, 0.1) is 0 Å². The van der Waals surface area contributed by atoms with E-state index in [2.05, 4.69) is 10.4 Å². The van der Waals surface area contributed by atoms with Gasteiger partial charge in [-0.2, -0.15) is 5.10 Å². The fraction of sp³-hybridized carbons (Fsp3) is 0.150. The lowest BCUT2D eigenvalue weighted by molar-refractivity contribution is -0.122. The van der Waals surface area contributed by atoms with E-state index >= 15 is 0 Å². The number of methoxy groups -OCH3 is 1. The first-order valence-electron chi connectivity index (χ1n) is 8.19. The molecule has 132 valence electrons. The molecule has 6 heteroatoms. The summed E-state index contributed by atoms with van der Waals surface area (Å²) in [7, 11) is 1.58. The van der Waals surface area contributed by atoms with Crippen LogP contribution in [0.3, 0.4) is 0 Å². The molecule has 0 spiro atoms. The van der Waals surface area contributed by atoms with Crippen LogP contribution in [-0.4, -0.2) is 22.8 Å². The number of nitrogens with zero attached hydrogens (tertiary/aromatic N) is 2. The second kappa shape index (κ2) is 8.11. The van der Waals surface area contributed by atoms with Gasteiger partial charge in [-0.1, -0.05) is 42.5 Å². The predicted molar refractivity (Wildman–Crippen MR) is 98.8 cm³/mol. The first kappa shape index (κ1) is 17.4. The van der Waals surface area contributed by atoms with Crippen LogP contribution in [0.15, 0.2) is 71.5 Å². The maximum atomic E-state index is 12.2. The van der Waals surface area contributed by atoms with Crippen molar-refractivity contribution in [2.24, 2.45) is 0 Å². The molecule has 0 aliphatic carbocycles. The summed E-state index contributed by atoms with van der Waals surface area (Å²) in [5.41, 5.74) is 1.98. The van der Waals surface area contributed by atoms with E-state index in [0.717, 1.165) is 15.8 Å². The first-order chi connectivity index (χ1) is 12.7. The SMILES string of the molecule is COc1ccccc1-c1ccc(=O)n(CC(=O)NCc2ccccc2)n1. The standard InChI is InChI=1S/C20H19N3O3/c1-26-18-10-6-5-9-16(18)17-11-12-20(25)23(22-17)14-19(24)21-13-15-7-3-2-4-8-15/h2-12H,13-14H2,1H3,(H,21,24). The van der Waals surface area contributed by atoms with Crippen LogP contribution in [0.4, 0.5) is 0 Å². The summed E-state index contributed by atoms with van der Waals surface area (Å²) in [6.45, 7) is 0.259. The Labute approximate surface area is 151 Å². The van der Waals surface area contributed by atoms with Gasteiger partial charge in [-0.25, -0.2) is 4.68 Å². The lowest BCUT2D eigenvalue weighted by Gasteiger charge is -2.10. The van der Waals surface area contributed by atoms with Crippen molar-refractivity contribution in [3.05, 3.63) is 82.6 Å². The Kier molecular flexibility index (Phi) is 5.43. The summed E-state index contributed by atoms with van der Waals surface area (Å²) in [6, 6.07) is 20.0. The van der Waals surface area contributed by atoms with Crippen molar-refractivity contribution in [1.29, 1.82) is 0 Å². The van der Waals surface area contributed by atoms with Crippen molar-refractivity contribution in [2.75, 3.05) is 7.11 Å². The van der Waals surface area contributed by atoms with Gasteiger partial charge in [-0.3, -0.25) is 9.59 Å². The third-order valence-electron chi connectivity index (χ3n) is 3.88. The topological polar surface area (TPSA) is 73.2 Å². The number of nitrogens with one attached hydrogen (secondary N) is 1. The number of rotatable bonds is 6. The Morgan fingerprint density at radius 1 is 1.04 bits per heavy atom. The van der Waals surface area contributed by atoms with Crippen LogP contribution < -0.4 is 15.6 Å². The fourth-order valence-corrected chi connectivity index (χ4v) is 2.55. The molecule has 3 aromatic rings. The van der Waals surface area contributed by atoms with Gasteiger partial charge in [0.1, 0.15) is 12.3 Å². The third kappa shape index (κ3) is 4.16. The van der Waals surface area contributed by atoms with Crippen molar-refractivity contribution in [2.45, 2.75) is 13.1 Å². The van der Waals surface area contributed by atoms with Crippen LogP contribution in [0.25, 0.3) is 11.3 Å². The third-order valence-corrected chi connectivity index (χ3v) is 3.88. The van der Waals surface area contributed by atoms with E-state index in [0.29, 0.717) is 18.0 Å². The normalized spacial score (nSPS) is 10.3. The number of benzene rings is 2. The van der Waals surface area contributed by atoms with E-state index in [1.807, 2.05) is 54.6 Å². The lowest BCUT2D eigenvalue weighted by atomic mass is 10.1. The lowest BCUT2D eigenvalue weighted by Crippen LogP contribution is -2.33. The smallest absolute Gasteiger partial charge is 0.267 e. The van der Waals surface area contributed by atoms with Crippen LogP contribution in [-0.2, 0) is 17.9 Å². The molecule has 3 rings (SSSR count). The van der Waals surface area contributed by atoms with Gasteiger partial charge in [0.05, 0.1) is 12.8 Å². The molecule has 0 atom stereocenters. The van der Waals surface area contributed by atoms with E-state index in [1.54, 1.807) is 13.2 Å². The summed E-state index contributed by atoms with van der Waals surface area (Å²) < 4.78 is 6.49. The number of amides is 1. The molecule has 0 radical (unpaired) electrons. The van der Waals surface area contributed by atoms with Crippen LogP contribution in [0.2, 0.25) is 0 Å². The largest absolute Gasteiger partial charge is 0.496 e. The number of carbonyl (C=O) groups is 1. The van der Waals surface area contributed by atoms with Gasteiger partial charge in [-0.05, 0) is 23.8 Å². The zero-order valence-corrected chi connectivity index (χ0v) is 14.4. The van der Waals surface area contributed by atoms with Crippen molar-refractivity contribution in [3.8, 4) is 17.0 Å². The maximum absolute atomic E-state index is 12.2. The molecule has 0 unspecified atom stereocenters. The van der Waals surface area contributed by atoms with Gasteiger partial charge in [0, 0.05) is 18.2 Å². The highest BCUT2D eigenvalue weighted by molar-refractivity contribution is 5.75. The number of aromatic nitrogens is 2. The average molecular weight is 349 g/mol. The maximum Gasteiger partial charge on any atom is 0.267 e. The van der Waals surface area contributed by atoms with Crippen molar-refractivity contribution in [1.82, 2.24) is 15.1 Å². The molecule has 2 aromatic carbocycles. The Bertz CT molecular complexity index is 952. The molecule has 26 heavy (non-hydrogen) atoms. The van der Waals surface area contributed by atoms with E-state index < -0.39 is 0 Å². The van der Waals surface area contributed by atoms with Gasteiger partial charge in [0.15, 0.2) is 0 Å². The molecule has 0 fully saturated rings. The van der Waals surface area contributed by atoms with Crippen molar-refractivity contribution < 1.29 is 9.53 Å². The van der Waals surface area contributed by atoms with Crippen LogP contribution in [0.1, 0.15) is 5.56 Å². The van der Waals surface area contributed by atoms with E-state index in [1.165, 1.54) is 6.07 Å². The molecule has 0 aliphatic rings. The van der Waals surface area contributed by atoms with E-state index in [4.69, 9.17) is 4.74 Å². The molecule has 0 bridgehead atoms. The number of para-hydroxylation sites is 1. The summed E-state index contributed by atoms with van der Waals surface area (Å²) >= 11 is 0. The Morgan fingerprint density at radius 2 is 1.77 bits per heavy atom.